The number of likely N-dealkylation sites (tertiary alicyclic amines) is 1. The average molecular weight is 279 g/mol. The Bertz CT molecular complexity index is 419. The maximum absolute atomic E-state index is 12.1. The molecule has 4 heteroatoms. The predicted molar refractivity (Wildman–Crippen MR) is 78.1 cm³/mol. The number of aliphatic hydroxyl groups is 1. The van der Waals surface area contributed by atoms with Crippen LogP contribution in [0.2, 0.25) is 0 Å². The summed E-state index contributed by atoms with van der Waals surface area (Å²) in [5.41, 5.74) is 0.903. The minimum atomic E-state index is 0.0650. The van der Waals surface area contributed by atoms with Crippen molar-refractivity contribution in [3.63, 3.8) is 0 Å². The lowest BCUT2D eigenvalue weighted by atomic mass is 10.0. The molecular weight excluding hydrogens is 258 g/mol. The molecule has 1 aliphatic rings. The fourth-order valence-electron chi connectivity index (χ4n) is 2.34. The molecule has 1 unspecified atom stereocenters. The highest BCUT2D eigenvalue weighted by molar-refractivity contribution is 8.00. The summed E-state index contributed by atoms with van der Waals surface area (Å²) in [6.45, 7) is 4.09. The Kier molecular flexibility index (Phi) is 5.28. The number of rotatable bonds is 4. The number of thioether (sulfide) groups is 1. The molecule has 1 aromatic carbocycles. The molecule has 1 atom stereocenters. The maximum atomic E-state index is 12.1. The van der Waals surface area contributed by atoms with E-state index in [1.165, 1.54) is 6.42 Å². The number of carbonyl (C=O) groups excluding carboxylic acids is 1. The normalized spacial score (nSPS) is 19.5. The largest absolute Gasteiger partial charge is 0.392 e. The topological polar surface area (TPSA) is 40.5 Å². The van der Waals surface area contributed by atoms with Gasteiger partial charge in [0.15, 0.2) is 0 Å². The van der Waals surface area contributed by atoms with Gasteiger partial charge in [-0.2, -0.15) is 0 Å². The summed E-state index contributed by atoms with van der Waals surface area (Å²) in [5.74, 6) is 1.37. The second kappa shape index (κ2) is 6.96. The van der Waals surface area contributed by atoms with Crippen molar-refractivity contribution in [3.8, 4) is 0 Å². The Morgan fingerprint density at radius 3 is 2.79 bits per heavy atom. The molecule has 1 fully saturated rings. The quantitative estimate of drug-likeness (QED) is 0.861. The average Bonchev–Trinajstić information content (AvgIpc) is 2.45. The van der Waals surface area contributed by atoms with Gasteiger partial charge in [0, 0.05) is 18.0 Å². The molecule has 0 bridgehead atoms. The lowest BCUT2D eigenvalue weighted by Gasteiger charge is -2.30. The van der Waals surface area contributed by atoms with Gasteiger partial charge in [-0.1, -0.05) is 19.1 Å². The third-order valence-electron chi connectivity index (χ3n) is 3.48. The Morgan fingerprint density at radius 1 is 1.42 bits per heavy atom. The van der Waals surface area contributed by atoms with E-state index in [-0.39, 0.29) is 12.5 Å². The molecule has 1 aliphatic heterocycles. The summed E-state index contributed by atoms with van der Waals surface area (Å²) in [6, 6.07) is 7.72. The van der Waals surface area contributed by atoms with Gasteiger partial charge in [-0.3, -0.25) is 4.79 Å². The molecule has 3 nitrogen and oxygen atoms in total. The summed E-state index contributed by atoms with van der Waals surface area (Å²) in [5, 5.41) is 8.97. The first-order valence-corrected chi connectivity index (χ1v) is 7.78. The lowest BCUT2D eigenvalue weighted by Crippen LogP contribution is -2.40. The summed E-state index contributed by atoms with van der Waals surface area (Å²) in [6.07, 6.45) is 2.36. The van der Waals surface area contributed by atoms with E-state index < -0.39 is 0 Å². The van der Waals surface area contributed by atoms with Crippen LogP contribution in [0.15, 0.2) is 29.2 Å². The van der Waals surface area contributed by atoms with Crippen molar-refractivity contribution >= 4 is 17.7 Å². The third-order valence-corrected chi connectivity index (χ3v) is 4.47. The molecule has 19 heavy (non-hydrogen) atoms. The number of benzene rings is 1. The molecule has 0 saturated carbocycles. The number of carbonyl (C=O) groups is 1. The van der Waals surface area contributed by atoms with Crippen molar-refractivity contribution in [1.82, 2.24) is 4.90 Å². The van der Waals surface area contributed by atoms with E-state index in [0.717, 1.165) is 30.0 Å². The standard InChI is InChI=1S/C15H21NO2S/c1-12-3-2-8-16(9-12)15(18)11-19-14-6-4-13(10-17)5-7-14/h4-7,12,17H,2-3,8-11H2,1H3. The first-order valence-electron chi connectivity index (χ1n) is 6.79. The van der Waals surface area contributed by atoms with Crippen molar-refractivity contribution < 1.29 is 9.90 Å². The van der Waals surface area contributed by atoms with Crippen LogP contribution < -0.4 is 0 Å². The molecular formula is C15H21NO2S. The Labute approximate surface area is 119 Å². The van der Waals surface area contributed by atoms with Gasteiger partial charge in [0.2, 0.25) is 5.91 Å². The number of piperidine rings is 1. The zero-order valence-electron chi connectivity index (χ0n) is 11.3. The molecule has 1 amide bonds. The first kappa shape index (κ1) is 14.4. The lowest BCUT2D eigenvalue weighted by molar-refractivity contribution is -0.130. The fourth-order valence-corrected chi connectivity index (χ4v) is 3.14. The second-order valence-electron chi connectivity index (χ2n) is 5.18. The van der Waals surface area contributed by atoms with Crippen LogP contribution in [0.3, 0.4) is 0 Å². The summed E-state index contributed by atoms with van der Waals surface area (Å²) in [7, 11) is 0. The number of hydrogen-bond acceptors (Lipinski definition) is 3. The number of nitrogens with zero attached hydrogens (tertiary/aromatic N) is 1. The van der Waals surface area contributed by atoms with Crippen LogP contribution in [0.25, 0.3) is 0 Å². The van der Waals surface area contributed by atoms with E-state index in [0.29, 0.717) is 11.7 Å². The van der Waals surface area contributed by atoms with E-state index in [1.54, 1.807) is 11.8 Å². The second-order valence-corrected chi connectivity index (χ2v) is 6.23. The van der Waals surface area contributed by atoms with Gasteiger partial charge in [0.1, 0.15) is 0 Å². The van der Waals surface area contributed by atoms with Crippen LogP contribution >= 0.6 is 11.8 Å². The van der Waals surface area contributed by atoms with Crippen molar-refractivity contribution in [2.45, 2.75) is 31.3 Å². The van der Waals surface area contributed by atoms with Gasteiger partial charge in [0.05, 0.1) is 12.4 Å². The van der Waals surface area contributed by atoms with Crippen LogP contribution in [0, 0.1) is 5.92 Å². The Morgan fingerprint density at radius 2 is 2.16 bits per heavy atom. The van der Waals surface area contributed by atoms with Gasteiger partial charge < -0.3 is 10.0 Å². The molecule has 0 radical (unpaired) electrons. The summed E-state index contributed by atoms with van der Waals surface area (Å²) in [4.78, 5) is 15.2. The van der Waals surface area contributed by atoms with Crippen molar-refractivity contribution in [2.24, 2.45) is 5.92 Å². The third kappa shape index (κ3) is 4.25. The highest BCUT2D eigenvalue weighted by Crippen LogP contribution is 2.21. The molecule has 104 valence electrons. The number of hydrogen-bond donors (Lipinski definition) is 1. The molecule has 1 aromatic rings. The van der Waals surface area contributed by atoms with E-state index in [4.69, 9.17) is 5.11 Å². The van der Waals surface area contributed by atoms with Crippen molar-refractivity contribution in [3.05, 3.63) is 29.8 Å². The zero-order valence-corrected chi connectivity index (χ0v) is 12.2. The summed E-state index contributed by atoms with van der Waals surface area (Å²) < 4.78 is 0. The van der Waals surface area contributed by atoms with Gasteiger partial charge in [0.25, 0.3) is 0 Å². The first-order chi connectivity index (χ1) is 9.19. The van der Waals surface area contributed by atoms with Gasteiger partial charge in [-0.25, -0.2) is 0 Å². The molecule has 1 saturated heterocycles. The monoisotopic (exact) mass is 279 g/mol. The summed E-state index contributed by atoms with van der Waals surface area (Å²) >= 11 is 1.57. The van der Waals surface area contributed by atoms with E-state index in [2.05, 4.69) is 6.92 Å². The van der Waals surface area contributed by atoms with Crippen molar-refractivity contribution in [1.29, 1.82) is 0 Å². The van der Waals surface area contributed by atoms with E-state index in [1.807, 2.05) is 29.2 Å². The van der Waals surface area contributed by atoms with Crippen LogP contribution in [-0.4, -0.2) is 34.8 Å². The highest BCUT2D eigenvalue weighted by Gasteiger charge is 2.20. The predicted octanol–water partition coefficient (Wildman–Crippen LogP) is 2.53. The van der Waals surface area contributed by atoms with Gasteiger partial charge >= 0.3 is 0 Å². The highest BCUT2D eigenvalue weighted by atomic mass is 32.2. The van der Waals surface area contributed by atoms with E-state index in [9.17, 15) is 4.79 Å². The minimum absolute atomic E-state index is 0.0650. The molecule has 0 spiro atoms. The van der Waals surface area contributed by atoms with Crippen LogP contribution in [0.1, 0.15) is 25.3 Å². The number of amides is 1. The zero-order chi connectivity index (χ0) is 13.7. The maximum Gasteiger partial charge on any atom is 0.232 e. The number of aliphatic hydroxyl groups excluding tert-OH is 1. The van der Waals surface area contributed by atoms with Crippen LogP contribution in [0.4, 0.5) is 0 Å². The molecule has 2 rings (SSSR count). The van der Waals surface area contributed by atoms with Crippen LogP contribution in [0.5, 0.6) is 0 Å². The van der Waals surface area contributed by atoms with Gasteiger partial charge in [-0.05, 0) is 36.5 Å². The molecule has 0 aliphatic carbocycles. The van der Waals surface area contributed by atoms with E-state index >= 15 is 0 Å². The Hall–Kier alpha value is -1.00. The van der Waals surface area contributed by atoms with Gasteiger partial charge in [-0.15, -0.1) is 11.8 Å². The molecule has 1 N–H and O–H groups in total. The SMILES string of the molecule is CC1CCCN(C(=O)CSc2ccc(CO)cc2)C1. The Balaban J connectivity index is 1.82. The fraction of sp³-hybridized carbons (Fsp3) is 0.533. The van der Waals surface area contributed by atoms with Crippen molar-refractivity contribution in [2.75, 3.05) is 18.8 Å². The smallest absolute Gasteiger partial charge is 0.232 e. The molecule has 1 heterocycles. The minimum Gasteiger partial charge on any atom is -0.392 e. The molecule has 0 aromatic heterocycles. The van der Waals surface area contributed by atoms with Crippen LogP contribution in [-0.2, 0) is 11.4 Å².